The molecule has 0 bridgehead atoms. The van der Waals surface area contributed by atoms with Crippen molar-refractivity contribution in [1.29, 1.82) is 0 Å². The molecule has 0 saturated carbocycles. The molecule has 2 heterocycles. The number of aromatic amines is 1. The van der Waals surface area contributed by atoms with Gasteiger partial charge in [0.15, 0.2) is 0 Å². The van der Waals surface area contributed by atoms with Crippen LogP contribution in [0.1, 0.15) is 47.9 Å². The standard InChI is InChI=1S/C21H26N4O2/c1-13-11-14(2)25(24-13)10-9-20(26)22-19-6-4-5-16-17-12-15(27-3)7-8-18(17)23-21(16)19/h7-8,11-12,19,23H,4-6,9-10H2,1-3H3,(H,22,26)/t19-/m1/s1. The molecule has 4 rings (SSSR count). The van der Waals surface area contributed by atoms with Gasteiger partial charge in [0.2, 0.25) is 5.91 Å². The number of hydrogen-bond donors (Lipinski definition) is 2. The number of hydrogen-bond acceptors (Lipinski definition) is 3. The van der Waals surface area contributed by atoms with Crippen LogP contribution in [0.2, 0.25) is 0 Å². The summed E-state index contributed by atoms with van der Waals surface area (Å²) in [4.78, 5) is 16.1. The third-order valence-corrected chi connectivity index (χ3v) is 5.40. The van der Waals surface area contributed by atoms with Gasteiger partial charge in [-0.15, -0.1) is 0 Å². The maximum absolute atomic E-state index is 12.5. The van der Waals surface area contributed by atoms with Crippen molar-refractivity contribution in [3.63, 3.8) is 0 Å². The summed E-state index contributed by atoms with van der Waals surface area (Å²) in [5.41, 5.74) is 5.62. The van der Waals surface area contributed by atoms with Crippen LogP contribution < -0.4 is 10.1 Å². The van der Waals surface area contributed by atoms with Gasteiger partial charge in [-0.3, -0.25) is 9.48 Å². The van der Waals surface area contributed by atoms with E-state index in [1.54, 1.807) is 7.11 Å². The lowest BCUT2D eigenvalue weighted by Crippen LogP contribution is -2.31. The smallest absolute Gasteiger partial charge is 0.222 e. The molecule has 0 radical (unpaired) electrons. The Morgan fingerprint density at radius 1 is 1.37 bits per heavy atom. The van der Waals surface area contributed by atoms with Crippen LogP contribution in [0, 0.1) is 13.8 Å². The number of nitrogens with zero attached hydrogens (tertiary/aromatic N) is 2. The van der Waals surface area contributed by atoms with Crippen molar-refractivity contribution in [2.24, 2.45) is 0 Å². The van der Waals surface area contributed by atoms with Gasteiger partial charge in [-0.05, 0) is 62.9 Å². The van der Waals surface area contributed by atoms with Crippen molar-refractivity contribution < 1.29 is 9.53 Å². The predicted molar refractivity (Wildman–Crippen MR) is 105 cm³/mol. The number of methoxy groups -OCH3 is 1. The van der Waals surface area contributed by atoms with Crippen molar-refractivity contribution in [2.45, 2.75) is 52.1 Å². The highest BCUT2D eigenvalue weighted by molar-refractivity contribution is 5.87. The first-order valence-electron chi connectivity index (χ1n) is 9.54. The van der Waals surface area contributed by atoms with Crippen LogP contribution in [-0.2, 0) is 17.8 Å². The Hall–Kier alpha value is -2.76. The van der Waals surface area contributed by atoms with Gasteiger partial charge in [0.25, 0.3) is 0 Å². The van der Waals surface area contributed by atoms with Crippen LogP contribution >= 0.6 is 0 Å². The zero-order valence-corrected chi connectivity index (χ0v) is 16.1. The van der Waals surface area contributed by atoms with Gasteiger partial charge in [0.05, 0.1) is 18.8 Å². The van der Waals surface area contributed by atoms with Gasteiger partial charge in [-0.1, -0.05) is 0 Å². The molecule has 0 saturated heterocycles. The number of aromatic nitrogens is 3. The highest BCUT2D eigenvalue weighted by Gasteiger charge is 2.25. The van der Waals surface area contributed by atoms with E-state index in [1.165, 1.54) is 10.9 Å². The number of carbonyl (C=O) groups is 1. The van der Waals surface area contributed by atoms with Crippen LogP contribution in [0.3, 0.4) is 0 Å². The third-order valence-electron chi connectivity index (χ3n) is 5.40. The molecule has 6 nitrogen and oxygen atoms in total. The van der Waals surface area contributed by atoms with Gasteiger partial charge in [0.1, 0.15) is 5.75 Å². The van der Waals surface area contributed by atoms with Gasteiger partial charge in [-0.2, -0.15) is 5.10 Å². The normalized spacial score (nSPS) is 16.3. The topological polar surface area (TPSA) is 71.9 Å². The average Bonchev–Trinajstić information content (AvgIpc) is 3.19. The number of carbonyl (C=O) groups excluding carboxylic acids is 1. The minimum Gasteiger partial charge on any atom is -0.497 e. The fourth-order valence-electron chi connectivity index (χ4n) is 4.09. The second-order valence-electron chi connectivity index (χ2n) is 7.34. The van der Waals surface area contributed by atoms with Crippen LogP contribution in [0.15, 0.2) is 24.3 Å². The van der Waals surface area contributed by atoms with Crippen molar-refractivity contribution in [3.05, 3.63) is 46.9 Å². The summed E-state index contributed by atoms with van der Waals surface area (Å²) in [5, 5.41) is 8.85. The molecule has 0 unspecified atom stereocenters. The highest BCUT2D eigenvalue weighted by Crippen LogP contribution is 2.36. The number of H-pyrrole nitrogens is 1. The summed E-state index contributed by atoms with van der Waals surface area (Å²) in [6, 6.07) is 8.17. The fourth-order valence-corrected chi connectivity index (χ4v) is 4.09. The molecule has 142 valence electrons. The average molecular weight is 366 g/mol. The quantitative estimate of drug-likeness (QED) is 0.725. The van der Waals surface area contributed by atoms with E-state index in [0.717, 1.165) is 47.6 Å². The highest BCUT2D eigenvalue weighted by atomic mass is 16.5. The largest absolute Gasteiger partial charge is 0.497 e. The number of ether oxygens (including phenoxy) is 1. The molecule has 1 aliphatic rings. The third kappa shape index (κ3) is 3.44. The molecule has 6 heteroatoms. The number of amides is 1. The molecule has 27 heavy (non-hydrogen) atoms. The van der Waals surface area contributed by atoms with Gasteiger partial charge in [-0.25, -0.2) is 0 Å². The summed E-state index contributed by atoms with van der Waals surface area (Å²) < 4.78 is 7.27. The Morgan fingerprint density at radius 3 is 2.96 bits per heavy atom. The second-order valence-corrected chi connectivity index (χ2v) is 7.34. The van der Waals surface area contributed by atoms with E-state index in [2.05, 4.69) is 21.5 Å². The summed E-state index contributed by atoms with van der Waals surface area (Å²) >= 11 is 0. The number of rotatable bonds is 5. The maximum Gasteiger partial charge on any atom is 0.222 e. The van der Waals surface area contributed by atoms with Crippen LogP contribution in [0.4, 0.5) is 0 Å². The van der Waals surface area contributed by atoms with E-state index in [-0.39, 0.29) is 11.9 Å². The van der Waals surface area contributed by atoms with Crippen molar-refractivity contribution >= 4 is 16.8 Å². The zero-order valence-electron chi connectivity index (χ0n) is 16.1. The lowest BCUT2D eigenvalue weighted by Gasteiger charge is -2.24. The van der Waals surface area contributed by atoms with Gasteiger partial charge >= 0.3 is 0 Å². The molecule has 0 aliphatic heterocycles. The Kier molecular flexibility index (Phi) is 4.64. The number of aryl methyl sites for hydroxylation is 4. The molecule has 1 amide bonds. The number of benzene rings is 1. The SMILES string of the molecule is COc1ccc2[nH]c3c(c2c1)CCC[C@H]3NC(=O)CCn1nc(C)cc1C. The first kappa shape index (κ1) is 17.6. The van der Waals surface area contributed by atoms with Crippen molar-refractivity contribution in [2.75, 3.05) is 7.11 Å². The summed E-state index contributed by atoms with van der Waals surface area (Å²) in [5.74, 6) is 0.928. The van der Waals surface area contributed by atoms with Crippen molar-refractivity contribution in [1.82, 2.24) is 20.1 Å². The van der Waals surface area contributed by atoms with Gasteiger partial charge in [0, 0.05) is 35.3 Å². The Labute approximate surface area is 158 Å². The predicted octanol–water partition coefficient (Wildman–Crippen LogP) is 3.57. The minimum atomic E-state index is 0.0418. The van der Waals surface area contributed by atoms with E-state index in [4.69, 9.17) is 4.74 Å². The minimum absolute atomic E-state index is 0.0418. The molecular weight excluding hydrogens is 340 g/mol. The first-order valence-corrected chi connectivity index (χ1v) is 9.54. The molecule has 1 aromatic carbocycles. The molecule has 3 aromatic rings. The van der Waals surface area contributed by atoms with E-state index in [0.29, 0.717) is 13.0 Å². The Bertz CT molecular complexity index is 986. The number of fused-ring (bicyclic) bond motifs is 3. The second kappa shape index (κ2) is 7.10. The number of nitrogens with one attached hydrogen (secondary N) is 2. The molecule has 1 aliphatic carbocycles. The Balaban J connectivity index is 1.49. The summed E-state index contributed by atoms with van der Waals surface area (Å²) in [6.07, 6.45) is 3.49. The fraction of sp³-hybridized carbons (Fsp3) is 0.429. The zero-order chi connectivity index (χ0) is 19.0. The van der Waals surface area contributed by atoms with Crippen LogP contribution in [0.25, 0.3) is 10.9 Å². The van der Waals surface area contributed by atoms with E-state index in [1.807, 2.05) is 36.7 Å². The van der Waals surface area contributed by atoms with E-state index in [9.17, 15) is 4.79 Å². The van der Waals surface area contributed by atoms with E-state index >= 15 is 0 Å². The maximum atomic E-state index is 12.5. The van der Waals surface area contributed by atoms with E-state index < -0.39 is 0 Å². The summed E-state index contributed by atoms with van der Waals surface area (Å²) in [6.45, 7) is 4.59. The molecule has 1 atom stereocenters. The van der Waals surface area contributed by atoms with Gasteiger partial charge < -0.3 is 15.0 Å². The monoisotopic (exact) mass is 366 g/mol. The van der Waals surface area contributed by atoms with Crippen LogP contribution in [-0.4, -0.2) is 27.8 Å². The molecule has 0 fully saturated rings. The lowest BCUT2D eigenvalue weighted by molar-refractivity contribution is -0.122. The molecule has 0 spiro atoms. The molecular formula is C21H26N4O2. The summed E-state index contributed by atoms with van der Waals surface area (Å²) in [7, 11) is 1.69. The van der Waals surface area contributed by atoms with Crippen LogP contribution in [0.5, 0.6) is 5.75 Å². The molecule has 2 aromatic heterocycles. The molecule has 2 N–H and O–H groups in total. The first-order chi connectivity index (χ1) is 13.0. The lowest BCUT2D eigenvalue weighted by atomic mass is 9.91. The Morgan fingerprint density at radius 2 is 2.22 bits per heavy atom. The van der Waals surface area contributed by atoms with Crippen molar-refractivity contribution in [3.8, 4) is 5.75 Å².